The number of aromatic nitrogens is 1. The number of rotatable bonds is 4. The molecule has 0 amide bonds. The number of likely N-dealkylation sites (tertiary alicyclic amines) is 1. The molecule has 6 heteroatoms. The highest BCUT2D eigenvalue weighted by Crippen LogP contribution is 2.22. The molecule has 24 heavy (non-hydrogen) atoms. The number of hydrogen-bond acceptors (Lipinski definition) is 5. The first-order valence-corrected chi connectivity index (χ1v) is 8.65. The van der Waals surface area contributed by atoms with Crippen molar-refractivity contribution in [1.29, 1.82) is 0 Å². The summed E-state index contributed by atoms with van der Waals surface area (Å²) >= 11 is 0. The SMILES string of the molecule is Fc1cccc(-c2nc(CN3CCC(N4CCNCC4)C3)co2)c1. The minimum atomic E-state index is -0.273. The second kappa shape index (κ2) is 7.01. The van der Waals surface area contributed by atoms with Crippen LogP contribution in [-0.2, 0) is 6.54 Å². The molecular weight excluding hydrogens is 307 g/mol. The minimum absolute atomic E-state index is 0.273. The Morgan fingerprint density at radius 1 is 1.25 bits per heavy atom. The highest BCUT2D eigenvalue weighted by Gasteiger charge is 2.28. The van der Waals surface area contributed by atoms with Crippen LogP contribution < -0.4 is 5.32 Å². The van der Waals surface area contributed by atoms with Crippen LogP contribution in [-0.4, -0.2) is 60.1 Å². The Bertz CT molecular complexity index is 683. The molecule has 3 heterocycles. The molecule has 0 saturated carbocycles. The standard InChI is InChI=1S/C18H23FN4O/c19-15-3-1-2-14(10-15)18-21-16(13-24-18)11-22-7-4-17(12-22)23-8-5-20-6-9-23/h1-3,10,13,17,20H,4-9,11-12H2. The van der Waals surface area contributed by atoms with E-state index >= 15 is 0 Å². The van der Waals surface area contributed by atoms with Gasteiger partial charge >= 0.3 is 0 Å². The van der Waals surface area contributed by atoms with Crippen molar-refractivity contribution in [3.05, 3.63) is 42.0 Å². The fraction of sp³-hybridized carbons (Fsp3) is 0.500. The molecular formula is C18H23FN4O. The zero-order valence-corrected chi connectivity index (χ0v) is 13.7. The van der Waals surface area contributed by atoms with Gasteiger partial charge in [-0.05, 0) is 24.6 Å². The molecule has 1 N–H and O–H groups in total. The maximum atomic E-state index is 13.3. The number of oxazole rings is 1. The van der Waals surface area contributed by atoms with Gasteiger partial charge in [0.05, 0.1) is 5.69 Å². The summed E-state index contributed by atoms with van der Waals surface area (Å²) in [5.41, 5.74) is 1.59. The van der Waals surface area contributed by atoms with Gasteiger partial charge < -0.3 is 9.73 Å². The van der Waals surface area contributed by atoms with Crippen molar-refractivity contribution in [2.24, 2.45) is 0 Å². The summed E-state index contributed by atoms with van der Waals surface area (Å²) in [5.74, 6) is 0.216. The lowest BCUT2D eigenvalue weighted by atomic mass is 10.2. The molecule has 2 aliphatic heterocycles. The van der Waals surface area contributed by atoms with E-state index < -0.39 is 0 Å². The van der Waals surface area contributed by atoms with E-state index in [9.17, 15) is 4.39 Å². The van der Waals surface area contributed by atoms with E-state index in [0.29, 0.717) is 17.5 Å². The summed E-state index contributed by atoms with van der Waals surface area (Å²) in [6.07, 6.45) is 2.91. The van der Waals surface area contributed by atoms with Gasteiger partial charge in [-0.25, -0.2) is 9.37 Å². The second-order valence-electron chi connectivity index (χ2n) is 6.62. The first kappa shape index (κ1) is 15.7. The molecule has 2 aliphatic rings. The summed E-state index contributed by atoms with van der Waals surface area (Å²) in [4.78, 5) is 9.55. The maximum absolute atomic E-state index is 13.3. The first-order valence-electron chi connectivity index (χ1n) is 8.65. The monoisotopic (exact) mass is 330 g/mol. The number of halogens is 1. The molecule has 0 bridgehead atoms. The van der Waals surface area contributed by atoms with Crippen molar-refractivity contribution in [1.82, 2.24) is 20.1 Å². The van der Waals surface area contributed by atoms with Crippen LogP contribution in [0, 0.1) is 5.82 Å². The second-order valence-corrected chi connectivity index (χ2v) is 6.62. The maximum Gasteiger partial charge on any atom is 0.226 e. The molecule has 2 saturated heterocycles. The van der Waals surface area contributed by atoms with Crippen LogP contribution in [0.25, 0.3) is 11.5 Å². The highest BCUT2D eigenvalue weighted by molar-refractivity contribution is 5.52. The highest BCUT2D eigenvalue weighted by atomic mass is 19.1. The first-order chi connectivity index (χ1) is 11.8. The largest absolute Gasteiger partial charge is 0.444 e. The minimum Gasteiger partial charge on any atom is -0.444 e. The quantitative estimate of drug-likeness (QED) is 0.928. The van der Waals surface area contributed by atoms with Crippen molar-refractivity contribution in [2.75, 3.05) is 39.3 Å². The third-order valence-electron chi connectivity index (χ3n) is 4.92. The fourth-order valence-corrected chi connectivity index (χ4v) is 3.66. The van der Waals surface area contributed by atoms with Crippen molar-refractivity contribution < 1.29 is 8.81 Å². The van der Waals surface area contributed by atoms with Crippen molar-refractivity contribution >= 4 is 0 Å². The predicted octanol–water partition coefficient (Wildman–Crippen LogP) is 1.96. The van der Waals surface area contributed by atoms with E-state index in [2.05, 4.69) is 20.1 Å². The molecule has 128 valence electrons. The zero-order valence-electron chi connectivity index (χ0n) is 13.7. The van der Waals surface area contributed by atoms with Gasteiger partial charge in [0.15, 0.2) is 0 Å². The summed E-state index contributed by atoms with van der Waals surface area (Å²) in [6.45, 7) is 7.45. The number of nitrogens with zero attached hydrogens (tertiary/aromatic N) is 3. The number of benzene rings is 1. The van der Waals surface area contributed by atoms with Gasteiger partial charge in [0, 0.05) is 57.4 Å². The Morgan fingerprint density at radius 3 is 2.96 bits per heavy atom. The van der Waals surface area contributed by atoms with E-state index in [1.807, 2.05) is 6.07 Å². The summed E-state index contributed by atoms with van der Waals surface area (Å²) < 4.78 is 18.9. The number of piperazine rings is 1. The smallest absolute Gasteiger partial charge is 0.226 e. The molecule has 1 aromatic heterocycles. The van der Waals surface area contributed by atoms with Gasteiger partial charge in [-0.15, -0.1) is 0 Å². The molecule has 4 rings (SSSR count). The summed E-state index contributed by atoms with van der Waals surface area (Å²) in [6, 6.07) is 7.02. The van der Waals surface area contributed by atoms with Gasteiger partial charge in [-0.3, -0.25) is 9.80 Å². The van der Waals surface area contributed by atoms with Crippen LogP contribution in [0.15, 0.2) is 34.9 Å². The van der Waals surface area contributed by atoms with E-state index in [1.54, 1.807) is 12.3 Å². The Balaban J connectivity index is 1.36. The molecule has 0 aliphatic carbocycles. The van der Waals surface area contributed by atoms with E-state index in [1.165, 1.54) is 18.6 Å². The van der Waals surface area contributed by atoms with Gasteiger partial charge in [0.1, 0.15) is 12.1 Å². The van der Waals surface area contributed by atoms with Gasteiger partial charge in [-0.2, -0.15) is 0 Å². The van der Waals surface area contributed by atoms with Crippen LogP contribution in [0.3, 0.4) is 0 Å². The molecule has 1 aromatic carbocycles. The predicted molar refractivity (Wildman–Crippen MR) is 90.0 cm³/mol. The average Bonchev–Trinajstić information content (AvgIpc) is 3.26. The number of nitrogens with one attached hydrogen (secondary N) is 1. The molecule has 5 nitrogen and oxygen atoms in total. The van der Waals surface area contributed by atoms with E-state index in [-0.39, 0.29) is 5.82 Å². The summed E-state index contributed by atoms with van der Waals surface area (Å²) in [5, 5.41) is 3.41. The Hall–Kier alpha value is -1.76. The third-order valence-corrected chi connectivity index (χ3v) is 4.92. The lowest BCUT2D eigenvalue weighted by Crippen LogP contribution is -2.49. The molecule has 2 fully saturated rings. The van der Waals surface area contributed by atoms with Crippen molar-refractivity contribution in [3.8, 4) is 11.5 Å². The van der Waals surface area contributed by atoms with Crippen LogP contribution >= 0.6 is 0 Å². The van der Waals surface area contributed by atoms with Crippen molar-refractivity contribution in [3.63, 3.8) is 0 Å². The normalized spacial score (nSPS) is 23.0. The van der Waals surface area contributed by atoms with E-state index in [0.717, 1.165) is 51.5 Å². The average molecular weight is 330 g/mol. The Labute approximate surface area is 141 Å². The lowest BCUT2D eigenvalue weighted by Gasteiger charge is -2.32. The lowest BCUT2D eigenvalue weighted by molar-refractivity contribution is 0.170. The van der Waals surface area contributed by atoms with E-state index in [4.69, 9.17) is 4.42 Å². The van der Waals surface area contributed by atoms with Crippen LogP contribution in [0.5, 0.6) is 0 Å². The Kier molecular flexibility index (Phi) is 4.60. The molecule has 1 unspecified atom stereocenters. The van der Waals surface area contributed by atoms with Crippen LogP contribution in [0.2, 0.25) is 0 Å². The topological polar surface area (TPSA) is 44.5 Å². The van der Waals surface area contributed by atoms with Crippen LogP contribution in [0.4, 0.5) is 4.39 Å². The van der Waals surface area contributed by atoms with Crippen molar-refractivity contribution in [2.45, 2.75) is 19.0 Å². The molecule has 2 aromatic rings. The molecule has 0 spiro atoms. The van der Waals surface area contributed by atoms with Gasteiger partial charge in [0.25, 0.3) is 0 Å². The van der Waals surface area contributed by atoms with Gasteiger partial charge in [0.2, 0.25) is 5.89 Å². The summed E-state index contributed by atoms with van der Waals surface area (Å²) in [7, 11) is 0. The number of hydrogen-bond donors (Lipinski definition) is 1. The molecule has 0 radical (unpaired) electrons. The molecule has 1 atom stereocenters. The van der Waals surface area contributed by atoms with Crippen LogP contribution in [0.1, 0.15) is 12.1 Å². The Morgan fingerprint density at radius 2 is 2.12 bits per heavy atom. The van der Waals surface area contributed by atoms with Gasteiger partial charge in [-0.1, -0.05) is 6.07 Å². The zero-order chi connectivity index (χ0) is 16.4. The fourth-order valence-electron chi connectivity index (χ4n) is 3.66. The third kappa shape index (κ3) is 3.50.